The van der Waals surface area contributed by atoms with Crippen molar-refractivity contribution in [1.29, 1.82) is 0 Å². The Balaban J connectivity index is 1.75. The molecule has 0 bridgehead atoms. The van der Waals surface area contributed by atoms with Crippen LogP contribution in [0, 0.1) is 0 Å². The topological polar surface area (TPSA) is 75.4 Å². The van der Waals surface area contributed by atoms with Crippen LogP contribution < -0.4 is 16.0 Å². The van der Waals surface area contributed by atoms with Gasteiger partial charge in [0.05, 0.1) is 15.7 Å². The summed E-state index contributed by atoms with van der Waals surface area (Å²) in [4.78, 5) is 25.8. The van der Waals surface area contributed by atoms with E-state index in [-0.39, 0.29) is 27.5 Å². The highest BCUT2D eigenvalue weighted by atomic mass is 35.5. The van der Waals surface area contributed by atoms with Crippen LogP contribution in [0.4, 0.5) is 17.1 Å². The summed E-state index contributed by atoms with van der Waals surface area (Å²) in [7, 11) is 0. The van der Waals surface area contributed by atoms with E-state index in [4.69, 9.17) is 28.9 Å². The molecule has 0 atom stereocenters. The average molecular weight is 364 g/mol. The molecule has 0 radical (unpaired) electrons. The van der Waals surface area contributed by atoms with Crippen molar-refractivity contribution in [2.24, 2.45) is 0 Å². The first-order valence-corrected chi connectivity index (χ1v) is 8.17. The fourth-order valence-electron chi connectivity index (χ4n) is 2.57. The summed E-state index contributed by atoms with van der Waals surface area (Å²) in [6, 6.07) is 9.96. The van der Waals surface area contributed by atoms with E-state index < -0.39 is 0 Å². The number of hydrogen-bond acceptors (Lipinski definition) is 3. The van der Waals surface area contributed by atoms with Crippen molar-refractivity contribution in [2.75, 3.05) is 22.5 Å². The van der Waals surface area contributed by atoms with E-state index in [1.165, 1.54) is 12.1 Å². The lowest BCUT2D eigenvalue weighted by Crippen LogP contribution is -2.23. The number of anilines is 3. The molecule has 1 fully saturated rings. The second kappa shape index (κ2) is 6.71. The van der Waals surface area contributed by atoms with E-state index >= 15 is 0 Å². The second-order valence-corrected chi connectivity index (χ2v) is 6.32. The Morgan fingerprint density at radius 2 is 1.75 bits per heavy atom. The van der Waals surface area contributed by atoms with E-state index in [9.17, 15) is 9.59 Å². The van der Waals surface area contributed by atoms with Gasteiger partial charge in [-0.25, -0.2) is 0 Å². The van der Waals surface area contributed by atoms with Crippen LogP contribution in [-0.4, -0.2) is 18.4 Å². The molecule has 2 aromatic rings. The summed E-state index contributed by atoms with van der Waals surface area (Å²) < 4.78 is 0. The number of carbonyl (C=O) groups excluding carboxylic acids is 2. The number of rotatable bonds is 3. The van der Waals surface area contributed by atoms with Gasteiger partial charge in [-0.2, -0.15) is 0 Å². The number of nitrogens with one attached hydrogen (secondary N) is 1. The highest BCUT2D eigenvalue weighted by Gasteiger charge is 2.21. The van der Waals surface area contributed by atoms with Crippen molar-refractivity contribution in [2.45, 2.75) is 12.8 Å². The fourth-order valence-corrected chi connectivity index (χ4v) is 3.06. The lowest BCUT2D eigenvalue weighted by atomic mass is 10.1. The van der Waals surface area contributed by atoms with E-state index in [1.807, 2.05) is 0 Å². The van der Waals surface area contributed by atoms with Gasteiger partial charge in [0.25, 0.3) is 5.91 Å². The van der Waals surface area contributed by atoms with Crippen molar-refractivity contribution in [3.05, 3.63) is 52.0 Å². The van der Waals surface area contributed by atoms with Gasteiger partial charge >= 0.3 is 0 Å². The van der Waals surface area contributed by atoms with E-state index in [0.717, 1.165) is 12.1 Å². The van der Waals surface area contributed by atoms with Crippen LogP contribution in [0.2, 0.25) is 10.0 Å². The molecule has 0 saturated carbocycles. The van der Waals surface area contributed by atoms with Crippen LogP contribution in [0.25, 0.3) is 0 Å². The van der Waals surface area contributed by atoms with Crippen molar-refractivity contribution in [3.8, 4) is 0 Å². The third kappa shape index (κ3) is 3.32. The molecule has 124 valence electrons. The van der Waals surface area contributed by atoms with Crippen LogP contribution in [0.1, 0.15) is 23.2 Å². The quantitative estimate of drug-likeness (QED) is 0.810. The first-order valence-electron chi connectivity index (χ1n) is 7.42. The van der Waals surface area contributed by atoms with Gasteiger partial charge in [0, 0.05) is 29.9 Å². The highest BCUT2D eigenvalue weighted by Crippen LogP contribution is 2.31. The van der Waals surface area contributed by atoms with Gasteiger partial charge in [0.15, 0.2) is 0 Å². The maximum Gasteiger partial charge on any atom is 0.255 e. The minimum atomic E-state index is -0.300. The Kier molecular flexibility index (Phi) is 4.64. The molecule has 2 aromatic carbocycles. The van der Waals surface area contributed by atoms with Gasteiger partial charge in [-0.1, -0.05) is 23.2 Å². The average Bonchev–Trinajstić information content (AvgIpc) is 2.98. The summed E-state index contributed by atoms with van der Waals surface area (Å²) in [5.41, 5.74) is 7.67. The van der Waals surface area contributed by atoms with Crippen LogP contribution in [0.5, 0.6) is 0 Å². The van der Waals surface area contributed by atoms with E-state index in [1.54, 1.807) is 29.2 Å². The summed E-state index contributed by atoms with van der Waals surface area (Å²) in [6.07, 6.45) is 1.43. The number of benzene rings is 2. The normalized spacial score (nSPS) is 14.1. The smallest absolute Gasteiger partial charge is 0.255 e. The molecule has 0 aliphatic carbocycles. The summed E-state index contributed by atoms with van der Waals surface area (Å²) in [5, 5.41) is 3.28. The van der Waals surface area contributed by atoms with Gasteiger partial charge in [-0.3, -0.25) is 9.59 Å². The number of nitrogen functional groups attached to an aromatic ring is 1. The predicted molar refractivity (Wildman–Crippen MR) is 96.9 cm³/mol. The zero-order valence-electron chi connectivity index (χ0n) is 12.7. The molecule has 0 spiro atoms. The predicted octanol–water partition coefficient (Wildman–Crippen LogP) is 3.95. The molecule has 2 amide bonds. The largest absolute Gasteiger partial charge is 0.396 e. The molecule has 3 rings (SSSR count). The number of hydrogen-bond donors (Lipinski definition) is 2. The summed E-state index contributed by atoms with van der Waals surface area (Å²) in [6.45, 7) is 0.715. The zero-order valence-corrected chi connectivity index (χ0v) is 14.2. The van der Waals surface area contributed by atoms with Gasteiger partial charge in [-0.05, 0) is 42.8 Å². The molecular formula is C17H15Cl2N3O2. The maximum absolute atomic E-state index is 12.3. The first-order chi connectivity index (χ1) is 11.5. The van der Waals surface area contributed by atoms with Crippen molar-refractivity contribution in [3.63, 3.8) is 0 Å². The Labute approximate surface area is 149 Å². The molecule has 1 saturated heterocycles. The Bertz CT molecular complexity index is 783. The molecule has 5 nitrogen and oxygen atoms in total. The number of nitrogens with two attached hydrogens (primary N) is 1. The maximum atomic E-state index is 12.3. The molecule has 1 heterocycles. The van der Waals surface area contributed by atoms with Gasteiger partial charge in [-0.15, -0.1) is 0 Å². The third-order valence-corrected chi connectivity index (χ3v) is 4.48. The SMILES string of the molecule is Nc1c(Cl)cc(NC(=O)c2ccc(N3CCCC3=O)cc2)cc1Cl. The standard InChI is InChI=1S/C17H15Cl2N3O2/c18-13-8-11(9-14(19)16(13)20)21-17(24)10-3-5-12(6-4-10)22-7-1-2-15(22)23/h3-6,8-9H,1-2,7,20H2,(H,21,24). The van der Waals surface area contributed by atoms with E-state index in [2.05, 4.69) is 5.32 Å². The summed E-state index contributed by atoms with van der Waals surface area (Å²) in [5.74, 6) is -0.190. The van der Waals surface area contributed by atoms with Gasteiger partial charge < -0.3 is 16.0 Å². The number of halogens is 2. The molecule has 1 aliphatic heterocycles. The van der Waals surface area contributed by atoms with Crippen molar-refractivity contribution in [1.82, 2.24) is 0 Å². The Morgan fingerprint density at radius 1 is 1.12 bits per heavy atom. The Morgan fingerprint density at radius 3 is 2.29 bits per heavy atom. The molecule has 7 heteroatoms. The van der Waals surface area contributed by atoms with Gasteiger partial charge in [0.2, 0.25) is 5.91 Å². The monoisotopic (exact) mass is 363 g/mol. The third-order valence-electron chi connectivity index (χ3n) is 3.85. The van der Waals surface area contributed by atoms with Crippen LogP contribution in [-0.2, 0) is 4.79 Å². The fraction of sp³-hybridized carbons (Fsp3) is 0.176. The van der Waals surface area contributed by atoms with E-state index in [0.29, 0.717) is 24.2 Å². The molecule has 24 heavy (non-hydrogen) atoms. The molecule has 0 unspecified atom stereocenters. The van der Waals surface area contributed by atoms with Crippen LogP contribution in [0.3, 0.4) is 0 Å². The minimum Gasteiger partial charge on any atom is -0.396 e. The molecule has 1 aliphatic rings. The van der Waals surface area contributed by atoms with Crippen molar-refractivity contribution < 1.29 is 9.59 Å². The van der Waals surface area contributed by atoms with Gasteiger partial charge in [0.1, 0.15) is 0 Å². The second-order valence-electron chi connectivity index (χ2n) is 5.50. The number of carbonyl (C=O) groups is 2. The lowest BCUT2D eigenvalue weighted by molar-refractivity contribution is -0.117. The number of amides is 2. The molecular weight excluding hydrogens is 349 g/mol. The zero-order chi connectivity index (χ0) is 17.3. The van der Waals surface area contributed by atoms with Crippen LogP contribution in [0.15, 0.2) is 36.4 Å². The number of nitrogens with zero attached hydrogens (tertiary/aromatic N) is 1. The summed E-state index contributed by atoms with van der Waals surface area (Å²) >= 11 is 11.9. The first kappa shape index (κ1) is 16.6. The van der Waals surface area contributed by atoms with Crippen molar-refractivity contribution >= 4 is 52.1 Å². The molecule has 0 aromatic heterocycles. The molecule has 3 N–H and O–H groups in total. The minimum absolute atomic E-state index is 0.110. The lowest BCUT2D eigenvalue weighted by Gasteiger charge is -2.16. The highest BCUT2D eigenvalue weighted by molar-refractivity contribution is 6.39. The van der Waals surface area contributed by atoms with Crippen LogP contribution >= 0.6 is 23.2 Å². The Hall–Kier alpha value is -2.24.